The van der Waals surface area contributed by atoms with E-state index in [1.165, 1.54) is 6.42 Å². The minimum atomic E-state index is -0.299. The van der Waals surface area contributed by atoms with E-state index in [1.807, 2.05) is 23.1 Å². The van der Waals surface area contributed by atoms with Gasteiger partial charge in [0, 0.05) is 13.1 Å². The second kappa shape index (κ2) is 8.06. The average molecular weight is 373 g/mol. The first-order chi connectivity index (χ1) is 13.2. The second-order valence-corrected chi connectivity index (χ2v) is 7.49. The second-order valence-electron chi connectivity index (χ2n) is 7.49. The van der Waals surface area contributed by atoms with Crippen molar-refractivity contribution in [1.29, 1.82) is 0 Å². The van der Waals surface area contributed by atoms with Crippen LogP contribution in [0.2, 0.25) is 0 Å². The summed E-state index contributed by atoms with van der Waals surface area (Å²) >= 11 is 0. The van der Waals surface area contributed by atoms with Crippen LogP contribution in [0.25, 0.3) is 0 Å². The Kier molecular flexibility index (Phi) is 5.36. The van der Waals surface area contributed by atoms with Gasteiger partial charge in [-0.1, -0.05) is 6.07 Å². The smallest absolute Gasteiger partial charge is 0.315 e. The number of fused-ring (bicyclic) bond motifs is 1. The number of hydrogen-bond acceptors (Lipinski definition) is 4. The molecule has 1 aromatic carbocycles. The molecule has 0 aromatic heterocycles. The predicted molar refractivity (Wildman–Crippen MR) is 99.9 cm³/mol. The number of carbonyl (C=O) groups is 2. The fraction of sp³-hybridized carbons (Fsp3) is 0.600. The number of ether oxygens (including phenoxy) is 2. The molecule has 2 aliphatic heterocycles. The molecule has 2 N–H and O–H groups in total. The number of nitrogens with zero attached hydrogens (tertiary/aromatic N) is 1. The number of hydrogen-bond donors (Lipinski definition) is 2. The molecule has 27 heavy (non-hydrogen) atoms. The molecule has 146 valence electrons. The molecule has 7 heteroatoms. The molecule has 7 nitrogen and oxygen atoms in total. The van der Waals surface area contributed by atoms with Crippen LogP contribution in [-0.4, -0.2) is 49.7 Å². The van der Waals surface area contributed by atoms with E-state index in [1.54, 1.807) is 0 Å². The molecule has 1 unspecified atom stereocenters. The summed E-state index contributed by atoms with van der Waals surface area (Å²) in [6.07, 6.45) is 5.45. The summed E-state index contributed by atoms with van der Waals surface area (Å²) in [6, 6.07) is 5.46. The highest BCUT2D eigenvalue weighted by Crippen LogP contribution is 2.43. The normalized spacial score (nSPS) is 19.9. The van der Waals surface area contributed by atoms with Gasteiger partial charge in [0.15, 0.2) is 11.5 Å². The van der Waals surface area contributed by atoms with E-state index in [4.69, 9.17) is 9.47 Å². The first-order valence-electron chi connectivity index (χ1n) is 9.92. The number of likely N-dealkylation sites (tertiary alicyclic amines) is 1. The number of rotatable bonds is 5. The van der Waals surface area contributed by atoms with Crippen LogP contribution in [0.4, 0.5) is 4.79 Å². The van der Waals surface area contributed by atoms with Gasteiger partial charge in [-0.05, 0) is 55.7 Å². The van der Waals surface area contributed by atoms with Crippen LogP contribution in [-0.2, 0) is 4.79 Å². The maximum absolute atomic E-state index is 12.4. The van der Waals surface area contributed by atoms with Crippen molar-refractivity contribution in [3.05, 3.63) is 23.8 Å². The Hall–Kier alpha value is -2.44. The van der Waals surface area contributed by atoms with Crippen molar-refractivity contribution < 1.29 is 19.1 Å². The first-order valence-corrected chi connectivity index (χ1v) is 9.92. The Balaban J connectivity index is 1.34. The topological polar surface area (TPSA) is 79.9 Å². The molecule has 0 radical (unpaired) electrons. The third kappa shape index (κ3) is 4.46. The molecule has 3 aliphatic rings. The summed E-state index contributed by atoms with van der Waals surface area (Å²) in [5.41, 5.74) is 1.01. The zero-order valence-corrected chi connectivity index (χ0v) is 15.5. The molecule has 2 fully saturated rings. The highest BCUT2D eigenvalue weighted by atomic mass is 16.6. The Bertz CT molecular complexity index is 698. The van der Waals surface area contributed by atoms with Crippen LogP contribution in [0.3, 0.4) is 0 Å². The third-order valence-electron chi connectivity index (χ3n) is 5.41. The van der Waals surface area contributed by atoms with Gasteiger partial charge >= 0.3 is 6.03 Å². The molecule has 0 spiro atoms. The van der Waals surface area contributed by atoms with E-state index in [0.717, 1.165) is 55.8 Å². The lowest BCUT2D eigenvalue weighted by Gasteiger charge is -2.27. The predicted octanol–water partition coefficient (Wildman–Crippen LogP) is 2.22. The van der Waals surface area contributed by atoms with Crippen molar-refractivity contribution in [1.82, 2.24) is 15.5 Å². The molecular formula is C20H27N3O4. The quantitative estimate of drug-likeness (QED) is 0.829. The van der Waals surface area contributed by atoms with Crippen LogP contribution < -0.4 is 20.1 Å². The molecule has 4 rings (SSSR count). The van der Waals surface area contributed by atoms with Crippen LogP contribution in [0.1, 0.15) is 43.7 Å². The summed E-state index contributed by atoms with van der Waals surface area (Å²) in [5, 5.41) is 5.77. The van der Waals surface area contributed by atoms with Gasteiger partial charge in [-0.25, -0.2) is 4.79 Å². The van der Waals surface area contributed by atoms with Crippen molar-refractivity contribution in [2.45, 2.75) is 38.1 Å². The molecule has 0 bridgehead atoms. The largest absolute Gasteiger partial charge is 0.486 e. The molecule has 1 atom stereocenters. The van der Waals surface area contributed by atoms with Gasteiger partial charge in [0.1, 0.15) is 13.2 Å². The Labute approximate surface area is 159 Å². The van der Waals surface area contributed by atoms with Crippen LogP contribution in [0, 0.1) is 5.92 Å². The molecule has 1 saturated carbocycles. The Morgan fingerprint density at radius 2 is 1.81 bits per heavy atom. The summed E-state index contributed by atoms with van der Waals surface area (Å²) in [6.45, 7) is 2.74. The van der Waals surface area contributed by atoms with E-state index >= 15 is 0 Å². The van der Waals surface area contributed by atoms with Gasteiger partial charge in [-0.2, -0.15) is 0 Å². The monoisotopic (exact) mass is 373 g/mol. The number of benzene rings is 1. The SMILES string of the molecule is O=C(NCC(=O)N1CCCCC1)NC(c1ccc2c(c1)OCCO2)C1CC1. The summed E-state index contributed by atoms with van der Waals surface area (Å²) in [4.78, 5) is 26.4. The zero-order chi connectivity index (χ0) is 18.6. The number of nitrogens with one attached hydrogen (secondary N) is 2. The van der Waals surface area contributed by atoms with Crippen LogP contribution in [0.15, 0.2) is 18.2 Å². The number of amides is 3. The first kappa shape index (κ1) is 17.9. The van der Waals surface area contributed by atoms with Gasteiger partial charge in [0.2, 0.25) is 5.91 Å². The van der Waals surface area contributed by atoms with Crippen molar-refractivity contribution in [3.63, 3.8) is 0 Å². The maximum Gasteiger partial charge on any atom is 0.315 e. The minimum absolute atomic E-state index is 0.00727. The van der Waals surface area contributed by atoms with Crippen LogP contribution >= 0.6 is 0 Å². The average Bonchev–Trinajstić information content (AvgIpc) is 3.55. The van der Waals surface area contributed by atoms with E-state index in [9.17, 15) is 9.59 Å². The van der Waals surface area contributed by atoms with Gasteiger partial charge < -0.3 is 25.0 Å². The van der Waals surface area contributed by atoms with Gasteiger partial charge in [-0.15, -0.1) is 0 Å². The standard InChI is InChI=1S/C20H27N3O4/c24-18(23-8-2-1-3-9-23)13-21-20(25)22-19(14-4-5-14)15-6-7-16-17(12-15)27-11-10-26-16/h6-7,12,14,19H,1-5,8-11,13H2,(H2,21,22,25). The molecule has 1 aliphatic carbocycles. The molecule has 1 aromatic rings. The fourth-order valence-electron chi connectivity index (χ4n) is 3.76. The van der Waals surface area contributed by atoms with E-state index < -0.39 is 0 Å². The lowest BCUT2D eigenvalue weighted by molar-refractivity contribution is -0.130. The summed E-state index contributed by atoms with van der Waals surface area (Å²) in [7, 11) is 0. The molecule has 3 amide bonds. The minimum Gasteiger partial charge on any atom is -0.486 e. The van der Waals surface area contributed by atoms with E-state index in [-0.39, 0.29) is 24.5 Å². The van der Waals surface area contributed by atoms with Crippen molar-refractivity contribution >= 4 is 11.9 Å². The fourth-order valence-corrected chi connectivity index (χ4v) is 3.76. The zero-order valence-electron chi connectivity index (χ0n) is 15.5. The Morgan fingerprint density at radius 1 is 1.07 bits per heavy atom. The third-order valence-corrected chi connectivity index (χ3v) is 5.41. The lowest BCUT2D eigenvalue weighted by Crippen LogP contribution is -2.46. The van der Waals surface area contributed by atoms with Gasteiger partial charge in [0.25, 0.3) is 0 Å². The van der Waals surface area contributed by atoms with Gasteiger partial charge in [-0.3, -0.25) is 4.79 Å². The summed E-state index contributed by atoms with van der Waals surface area (Å²) < 4.78 is 11.2. The molecule has 1 saturated heterocycles. The molecule has 2 heterocycles. The maximum atomic E-state index is 12.4. The highest BCUT2D eigenvalue weighted by Gasteiger charge is 2.34. The van der Waals surface area contributed by atoms with Crippen molar-refractivity contribution in [2.24, 2.45) is 5.92 Å². The highest BCUT2D eigenvalue weighted by molar-refractivity contribution is 5.84. The Morgan fingerprint density at radius 3 is 2.56 bits per heavy atom. The van der Waals surface area contributed by atoms with E-state index in [0.29, 0.717) is 19.1 Å². The number of carbonyl (C=O) groups excluding carboxylic acids is 2. The van der Waals surface area contributed by atoms with Crippen LogP contribution in [0.5, 0.6) is 11.5 Å². The van der Waals surface area contributed by atoms with Gasteiger partial charge in [0.05, 0.1) is 12.6 Å². The number of piperidine rings is 1. The van der Waals surface area contributed by atoms with Crippen molar-refractivity contribution in [2.75, 3.05) is 32.8 Å². The number of urea groups is 1. The summed E-state index contributed by atoms with van der Waals surface area (Å²) in [5.74, 6) is 1.89. The van der Waals surface area contributed by atoms with Crippen molar-refractivity contribution in [3.8, 4) is 11.5 Å². The molecular weight excluding hydrogens is 346 g/mol. The lowest BCUT2D eigenvalue weighted by atomic mass is 10.0. The van der Waals surface area contributed by atoms with E-state index in [2.05, 4.69) is 10.6 Å².